The lowest BCUT2D eigenvalue weighted by molar-refractivity contribution is 0.117. The van der Waals surface area contributed by atoms with Gasteiger partial charge in [-0.15, -0.1) is 0 Å². The fourth-order valence-corrected chi connectivity index (χ4v) is 3.21. The highest BCUT2D eigenvalue weighted by molar-refractivity contribution is 4.88. The van der Waals surface area contributed by atoms with Crippen molar-refractivity contribution in [3.05, 3.63) is 0 Å². The van der Waals surface area contributed by atoms with Crippen LogP contribution in [0, 0.1) is 5.41 Å². The maximum absolute atomic E-state index is 9.55. The van der Waals surface area contributed by atoms with Crippen LogP contribution in [0.25, 0.3) is 0 Å². The minimum atomic E-state index is 0.204. The molecule has 0 aromatic carbocycles. The highest BCUT2D eigenvalue weighted by atomic mass is 16.3. The molecule has 2 aliphatic rings. The molecule has 0 spiro atoms. The monoisotopic (exact) mass is 226 g/mol. The summed E-state index contributed by atoms with van der Waals surface area (Å²) in [5, 5.41) is 13.2. The SMILES string of the molecule is CN1CCCC(NCC2(CO)CCCC2)C1. The Kier molecular flexibility index (Phi) is 4.22. The number of rotatable bonds is 4. The summed E-state index contributed by atoms with van der Waals surface area (Å²) in [6.45, 7) is 3.79. The summed E-state index contributed by atoms with van der Waals surface area (Å²) in [4.78, 5) is 2.40. The Labute approximate surface area is 99.2 Å². The van der Waals surface area contributed by atoms with Crippen molar-refractivity contribution >= 4 is 0 Å². The molecule has 3 nitrogen and oxygen atoms in total. The maximum Gasteiger partial charge on any atom is 0.0499 e. The van der Waals surface area contributed by atoms with E-state index in [1.807, 2.05) is 0 Å². The molecule has 2 rings (SSSR count). The van der Waals surface area contributed by atoms with E-state index in [0.717, 1.165) is 6.54 Å². The molecule has 1 unspecified atom stereocenters. The Bertz CT molecular complexity index is 214. The molecule has 0 amide bonds. The maximum atomic E-state index is 9.55. The molecular weight excluding hydrogens is 200 g/mol. The summed E-state index contributed by atoms with van der Waals surface area (Å²) in [6.07, 6.45) is 7.61. The number of aliphatic hydroxyl groups is 1. The van der Waals surface area contributed by atoms with E-state index >= 15 is 0 Å². The Morgan fingerprint density at radius 1 is 1.31 bits per heavy atom. The van der Waals surface area contributed by atoms with Gasteiger partial charge < -0.3 is 15.3 Å². The third-order valence-electron chi connectivity index (χ3n) is 4.39. The van der Waals surface area contributed by atoms with Gasteiger partial charge in [0.05, 0.1) is 0 Å². The van der Waals surface area contributed by atoms with Crippen LogP contribution >= 0.6 is 0 Å². The van der Waals surface area contributed by atoms with Crippen molar-refractivity contribution in [1.29, 1.82) is 0 Å². The van der Waals surface area contributed by atoms with Crippen LogP contribution in [-0.4, -0.2) is 49.3 Å². The van der Waals surface area contributed by atoms with E-state index in [1.54, 1.807) is 0 Å². The molecule has 2 N–H and O–H groups in total. The molecule has 3 heteroatoms. The van der Waals surface area contributed by atoms with Crippen LogP contribution in [0.5, 0.6) is 0 Å². The quantitative estimate of drug-likeness (QED) is 0.756. The van der Waals surface area contributed by atoms with Crippen LogP contribution in [0.1, 0.15) is 38.5 Å². The minimum absolute atomic E-state index is 0.204. The summed E-state index contributed by atoms with van der Waals surface area (Å²) in [5.41, 5.74) is 0.204. The first-order valence-electron chi connectivity index (χ1n) is 6.77. The van der Waals surface area contributed by atoms with E-state index in [2.05, 4.69) is 17.3 Å². The zero-order valence-electron chi connectivity index (χ0n) is 10.5. The number of likely N-dealkylation sites (N-methyl/N-ethyl adjacent to an activating group) is 1. The van der Waals surface area contributed by atoms with Gasteiger partial charge in [0.1, 0.15) is 0 Å². The molecule has 1 aliphatic carbocycles. The van der Waals surface area contributed by atoms with E-state index in [9.17, 15) is 5.11 Å². The number of nitrogens with one attached hydrogen (secondary N) is 1. The van der Waals surface area contributed by atoms with Gasteiger partial charge in [0.25, 0.3) is 0 Å². The van der Waals surface area contributed by atoms with Crippen molar-refractivity contribution in [3.63, 3.8) is 0 Å². The number of hydrogen-bond acceptors (Lipinski definition) is 3. The Morgan fingerprint density at radius 3 is 2.69 bits per heavy atom. The van der Waals surface area contributed by atoms with Gasteiger partial charge in [-0.05, 0) is 39.3 Å². The number of aliphatic hydroxyl groups excluding tert-OH is 1. The predicted molar refractivity (Wildman–Crippen MR) is 66.5 cm³/mol. The van der Waals surface area contributed by atoms with Crippen LogP contribution in [0.2, 0.25) is 0 Å². The van der Waals surface area contributed by atoms with Crippen molar-refractivity contribution in [2.75, 3.05) is 33.3 Å². The smallest absolute Gasteiger partial charge is 0.0499 e. The predicted octanol–water partition coefficient (Wildman–Crippen LogP) is 1.22. The van der Waals surface area contributed by atoms with Crippen molar-refractivity contribution in [2.24, 2.45) is 5.41 Å². The van der Waals surface area contributed by atoms with Gasteiger partial charge in [0.2, 0.25) is 0 Å². The lowest BCUT2D eigenvalue weighted by Crippen LogP contribution is -2.48. The molecule has 1 saturated carbocycles. The van der Waals surface area contributed by atoms with E-state index in [1.165, 1.54) is 51.6 Å². The second-order valence-corrected chi connectivity index (χ2v) is 5.85. The summed E-state index contributed by atoms with van der Waals surface area (Å²) < 4.78 is 0. The molecular formula is C13H26N2O. The highest BCUT2D eigenvalue weighted by Crippen LogP contribution is 2.37. The third kappa shape index (κ3) is 2.96. The van der Waals surface area contributed by atoms with Crippen LogP contribution in [0.15, 0.2) is 0 Å². The lowest BCUT2D eigenvalue weighted by atomic mass is 9.86. The van der Waals surface area contributed by atoms with Crippen LogP contribution in [0.3, 0.4) is 0 Å². The molecule has 1 heterocycles. The van der Waals surface area contributed by atoms with Crippen LogP contribution in [0.4, 0.5) is 0 Å². The molecule has 0 aromatic heterocycles. The van der Waals surface area contributed by atoms with Gasteiger partial charge in [0, 0.05) is 31.2 Å². The standard InChI is InChI=1S/C13H26N2O/c1-15-8-4-5-12(9-15)14-10-13(11-16)6-2-3-7-13/h12,14,16H,2-11H2,1H3. The first-order valence-corrected chi connectivity index (χ1v) is 6.77. The number of hydrogen-bond donors (Lipinski definition) is 2. The Hall–Kier alpha value is -0.120. The van der Waals surface area contributed by atoms with Gasteiger partial charge in [-0.2, -0.15) is 0 Å². The molecule has 0 radical (unpaired) electrons. The van der Waals surface area contributed by atoms with Crippen LogP contribution in [-0.2, 0) is 0 Å². The summed E-state index contributed by atoms with van der Waals surface area (Å²) in [6, 6.07) is 0.641. The second-order valence-electron chi connectivity index (χ2n) is 5.85. The molecule has 0 aromatic rings. The Morgan fingerprint density at radius 2 is 2.06 bits per heavy atom. The molecule has 1 saturated heterocycles. The fourth-order valence-electron chi connectivity index (χ4n) is 3.21. The molecule has 0 bridgehead atoms. The van der Waals surface area contributed by atoms with E-state index in [-0.39, 0.29) is 5.41 Å². The highest BCUT2D eigenvalue weighted by Gasteiger charge is 2.33. The van der Waals surface area contributed by atoms with Gasteiger partial charge in [-0.3, -0.25) is 0 Å². The van der Waals surface area contributed by atoms with E-state index in [0.29, 0.717) is 12.6 Å². The molecule has 94 valence electrons. The van der Waals surface area contributed by atoms with E-state index < -0.39 is 0 Å². The van der Waals surface area contributed by atoms with Gasteiger partial charge in [0.15, 0.2) is 0 Å². The van der Waals surface area contributed by atoms with Crippen molar-refractivity contribution in [1.82, 2.24) is 10.2 Å². The minimum Gasteiger partial charge on any atom is -0.396 e. The van der Waals surface area contributed by atoms with Crippen molar-refractivity contribution < 1.29 is 5.11 Å². The summed E-state index contributed by atoms with van der Waals surface area (Å²) in [7, 11) is 2.20. The van der Waals surface area contributed by atoms with Gasteiger partial charge >= 0.3 is 0 Å². The zero-order valence-corrected chi connectivity index (χ0v) is 10.5. The number of likely N-dealkylation sites (tertiary alicyclic amines) is 1. The topological polar surface area (TPSA) is 35.5 Å². The first-order chi connectivity index (χ1) is 7.74. The molecule has 2 fully saturated rings. The lowest BCUT2D eigenvalue weighted by Gasteiger charge is -2.34. The first kappa shape index (κ1) is 12.3. The zero-order chi connectivity index (χ0) is 11.4. The summed E-state index contributed by atoms with van der Waals surface area (Å²) in [5.74, 6) is 0. The van der Waals surface area contributed by atoms with Crippen LogP contribution < -0.4 is 5.32 Å². The second kappa shape index (κ2) is 5.48. The number of piperidine rings is 1. The average Bonchev–Trinajstić information content (AvgIpc) is 2.76. The Balaban J connectivity index is 1.77. The molecule has 1 aliphatic heterocycles. The fraction of sp³-hybridized carbons (Fsp3) is 1.00. The average molecular weight is 226 g/mol. The van der Waals surface area contributed by atoms with Gasteiger partial charge in [-0.25, -0.2) is 0 Å². The summed E-state index contributed by atoms with van der Waals surface area (Å²) >= 11 is 0. The van der Waals surface area contributed by atoms with Gasteiger partial charge in [-0.1, -0.05) is 12.8 Å². The molecule has 16 heavy (non-hydrogen) atoms. The molecule has 1 atom stereocenters. The number of nitrogens with zero attached hydrogens (tertiary/aromatic N) is 1. The van der Waals surface area contributed by atoms with E-state index in [4.69, 9.17) is 0 Å². The largest absolute Gasteiger partial charge is 0.396 e. The van der Waals surface area contributed by atoms with Crippen molar-refractivity contribution in [2.45, 2.75) is 44.6 Å². The normalized spacial score (nSPS) is 30.8. The van der Waals surface area contributed by atoms with Crippen molar-refractivity contribution in [3.8, 4) is 0 Å². The third-order valence-corrected chi connectivity index (χ3v) is 4.39.